The van der Waals surface area contributed by atoms with Crippen molar-refractivity contribution in [1.82, 2.24) is 9.55 Å². The molecule has 1 N–H and O–H groups in total. The molecule has 0 unspecified atom stereocenters. The number of aliphatic carboxylic acids is 1. The van der Waals surface area contributed by atoms with Crippen molar-refractivity contribution >= 4 is 5.97 Å². The highest BCUT2D eigenvalue weighted by Crippen LogP contribution is 2.12. The van der Waals surface area contributed by atoms with E-state index in [1.807, 2.05) is 4.57 Å². The van der Waals surface area contributed by atoms with Gasteiger partial charge in [-0.3, -0.25) is 4.79 Å². The smallest absolute Gasteiger partial charge is 0.307 e. The van der Waals surface area contributed by atoms with E-state index >= 15 is 0 Å². The topological polar surface area (TPSA) is 55.1 Å². The Bertz CT molecular complexity index is 523. The van der Waals surface area contributed by atoms with Crippen molar-refractivity contribution in [3.8, 4) is 0 Å². The van der Waals surface area contributed by atoms with Gasteiger partial charge in [0.25, 0.3) is 0 Å². The number of hydrogen-bond acceptors (Lipinski definition) is 2. The third-order valence-electron chi connectivity index (χ3n) is 2.38. The minimum Gasteiger partial charge on any atom is -0.481 e. The number of rotatable bonds is 4. The predicted molar refractivity (Wildman–Crippen MR) is 59.1 cm³/mol. The summed E-state index contributed by atoms with van der Waals surface area (Å²) in [5.41, 5.74) is 0.974. The average molecular weight is 234 g/mol. The minimum atomic E-state index is -1.04. The van der Waals surface area contributed by atoms with E-state index in [0.717, 1.165) is 5.56 Å². The van der Waals surface area contributed by atoms with Gasteiger partial charge in [-0.15, -0.1) is 0 Å². The molecular weight excluding hydrogens is 223 g/mol. The van der Waals surface area contributed by atoms with Gasteiger partial charge in [0.15, 0.2) is 0 Å². The number of carboxylic acids is 1. The van der Waals surface area contributed by atoms with Crippen LogP contribution in [-0.4, -0.2) is 20.6 Å². The number of carbonyl (C=O) groups is 1. The molecule has 88 valence electrons. The summed E-state index contributed by atoms with van der Waals surface area (Å²) in [6.45, 7) is 0.518. The SMILES string of the molecule is O=C(O)Cc1ccc(Cn2ccnc2)cc1F. The molecule has 0 bridgehead atoms. The van der Waals surface area contributed by atoms with Crippen molar-refractivity contribution in [2.24, 2.45) is 0 Å². The van der Waals surface area contributed by atoms with Crippen molar-refractivity contribution < 1.29 is 14.3 Å². The second-order valence-corrected chi connectivity index (χ2v) is 3.73. The summed E-state index contributed by atoms with van der Waals surface area (Å²) in [5.74, 6) is -1.52. The van der Waals surface area contributed by atoms with Gasteiger partial charge in [0.1, 0.15) is 5.82 Å². The Labute approximate surface area is 97.3 Å². The molecule has 4 nitrogen and oxygen atoms in total. The van der Waals surface area contributed by atoms with Crippen molar-refractivity contribution in [2.75, 3.05) is 0 Å². The van der Waals surface area contributed by atoms with Gasteiger partial charge in [-0.1, -0.05) is 12.1 Å². The van der Waals surface area contributed by atoms with Gasteiger partial charge in [0.05, 0.1) is 12.7 Å². The zero-order valence-corrected chi connectivity index (χ0v) is 9.01. The molecule has 0 fully saturated rings. The maximum atomic E-state index is 13.6. The number of nitrogens with zero attached hydrogens (tertiary/aromatic N) is 2. The molecule has 0 atom stereocenters. The van der Waals surface area contributed by atoms with Gasteiger partial charge in [0, 0.05) is 18.9 Å². The zero-order valence-electron chi connectivity index (χ0n) is 9.01. The van der Waals surface area contributed by atoms with E-state index in [1.165, 1.54) is 12.1 Å². The van der Waals surface area contributed by atoms with Gasteiger partial charge in [-0.2, -0.15) is 0 Å². The summed E-state index contributed by atoms with van der Waals surface area (Å²) in [6, 6.07) is 4.59. The lowest BCUT2D eigenvalue weighted by Crippen LogP contribution is -2.04. The molecule has 1 aromatic heterocycles. The molecule has 0 spiro atoms. The molecule has 0 amide bonds. The average Bonchev–Trinajstić information content (AvgIpc) is 2.74. The molecule has 5 heteroatoms. The summed E-state index contributed by atoms with van der Waals surface area (Å²) in [4.78, 5) is 14.4. The molecule has 0 saturated heterocycles. The first-order valence-corrected chi connectivity index (χ1v) is 5.10. The van der Waals surface area contributed by atoms with E-state index in [9.17, 15) is 9.18 Å². The van der Waals surface area contributed by atoms with Crippen LogP contribution in [0.3, 0.4) is 0 Å². The maximum absolute atomic E-state index is 13.6. The van der Waals surface area contributed by atoms with Crippen LogP contribution in [0.4, 0.5) is 4.39 Å². The Hall–Kier alpha value is -2.17. The fraction of sp³-hybridized carbons (Fsp3) is 0.167. The van der Waals surface area contributed by atoms with Crippen LogP contribution in [-0.2, 0) is 17.8 Å². The normalized spacial score (nSPS) is 10.4. The first kappa shape index (κ1) is 11.3. The summed E-state index contributed by atoms with van der Waals surface area (Å²) >= 11 is 0. The van der Waals surface area contributed by atoms with Crippen molar-refractivity contribution in [2.45, 2.75) is 13.0 Å². The first-order chi connectivity index (χ1) is 8.15. The second-order valence-electron chi connectivity index (χ2n) is 3.73. The number of halogens is 1. The van der Waals surface area contributed by atoms with E-state index in [2.05, 4.69) is 4.98 Å². The van der Waals surface area contributed by atoms with Crippen LogP contribution in [0.15, 0.2) is 36.9 Å². The molecule has 1 aromatic carbocycles. The summed E-state index contributed by atoms with van der Waals surface area (Å²) in [5, 5.41) is 8.59. The van der Waals surface area contributed by atoms with E-state index < -0.39 is 11.8 Å². The Kier molecular flexibility index (Phi) is 3.18. The third kappa shape index (κ3) is 2.90. The highest BCUT2D eigenvalue weighted by molar-refractivity contribution is 5.70. The molecule has 0 aliphatic carbocycles. The van der Waals surface area contributed by atoms with Crippen LogP contribution in [0.2, 0.25) is 0 Å². The monoisotopic (exact) mass is 234 g/mol. The van der Waals surface area contributed by atoms with Crippen molar-refractivity contribution in [3.63, 3.8) is 0 Å². The molecule has 1 heterocycles. The first-order valence-electron chi connectivity index (χ1n) is 5.10. The Balaban J connectivity index is 2.16. The Morgan fingerprint density at radius 1 is 1.47 bits per heavy atom. The molecule has 17 heavy (non-hydrogen) atoms. The van der Waals surface area contributed by atoms with Crippen LogP contribution in [0.25, 0.3) is 0 Å². The molecule has 0 saturated carbocycles. The zero-order chi connectivity index (χ0) is 12.3. The summed E-state index contributed by atoms with van der Waals surface area (Å²) in [6.07, 6.45) is 4.78. The maximum Gasteiger partial charge on any atom is 0.307 e. The summed E-state index contributed by atoms with van der Waals surface area (Å²) in [7, 11) is 0. The largest absolute Gasteiger partial charge is 0.481 e. The fourth-order valence-electron chi connectivity index (χ4n) is 1.59. The van der Waals surface area contributed by atoms with Crippen LogP contribution < -0.4 is 0 Å². The molecule has 2 aromatic rings. The number of hydrogen-bond donors (Lipinski definition) is 1. The Morgan fingerprint density at radius 2 is 2.29 bits per heavy atom. The second kappa shape index (κ2) is 4.78. The third-order valence-corrected chi connectivity index (χ3v) is 2.38. The van der Waals surface area contributed by atoms with E-state index in [0.29, 0.717) is 6.54 Å². The van der Waals surface area contributed by atoms with Crippen LogP contribution in [0, 0.1) is 5.82 Å². The van der Waals surface area contributed by atoms with Gasteiger partial charge < -0.3 is 9.67 Å². The summed E-state index contributed by atoms with van der Waals surface area (Å²) < 4.78 is 15.4. The van der Waals surface area contributed by atoms with Gasteiger partial charge in [-0.05, 0) is 17.2 Å². The lowest BCUT2D eigenvalue weighted by atomic mass is 10.1. The van der Waals surface area contributed by atoms with Gasteiger partial charge >= 0.3 is 5.97 Å². The van der Waals surface area contributed by atoms with E-state index in [-0.39, 0.29) is 12.0 Å². The van der Waals surface area contributed by atoms with Crippen molar-refractivity contribution in [3.05, 3.63) is 53.9 Å². The Morgan fingerprint density at radius 3 is 2.88 bits per heavy atom. The quantitative estimate of drug-likeness (QED) is 0.875. The lowest BCUT2D eigenvalue weighted by molar-refractivity contribution is -0.136. The van der Waals surface area contributed by atoms with Gasteiger partial charge in [0.2, 0.25) is 0 Å². The van der Waals surface area contributed by atoms with E-state index in [4.69, 9.17) is 5.11 Å². The highest BCUT2D eigenvalue weighted by Gasteiger charge is 2.07. The van der Waals surface area contributed by atoms with Crippen LogP contribution >= 0.6 is 0 Å². The highest BCUT2D eigenvalue weighted by atomic mass is 19.1. The van der Waals surface area contributed by atoms with Crippen LogP contribution in [0.1, 0.15) is 11.1 Å². The number of aromatic nitrogens is 2. The minimum absolute atomic E-state index is 0.201. The lowest BCUT2D eigenvalue weighted by Gasteiger charge is -2.05. The van der Waals surface area contributed by atoms with Crippen molar-refractivity contribution in [1.29, 1.82) is 0 Å². The molecule has 0 aliphatic heterocycles. The number of carboxylic acid groups (broad SMARTS) is 1. The van der Waals surface area contributed by atoms with E-state index in [1.54, 1.807) is 24.8 Å². The van der Waals surface area contributed by atoms with Crippen LogP contribution in [0.5, 0.6) is 0 Å². The predicted octanol–water partition coefficient (Wildman–Crippen LogP) is 1.70. The molecule has 0 radical (unpaired) electrons. The molecule has 0 aliphatic rings. The molecular formula is C12H11FN2O2. The number of imidazole rings is 1. The van der Waals surface area contributed by atoms with Gasteiger partial charge in [-0.25, -0.2) is 9.37 Å². The molecule has 2 rings (SSSR count). The standard InChI is InChI=1S/C12H11FN2O2/c13-11-5-9(7-15-4-3-14-8-15)1-2-10(11)6-12(16)17/h1-5,8H,6-7H2,(H,16,17). The fourth-order valence-corrected chi connectivity index (χ4v) is 1.59. The number of benzene rings is 1.